The number of carbonyl (C=O) groups is 1. The fourth-order valence-electron chi connectivity index (χ4n) is 0.350. The Morgan fingerprint density at radius 2 is 2.00 bits per heavy atom. The van der Waals surface area contributed by atoms with E-state index in [1.54, 1.807) is 0 Å². The molecule has 0 aliphatic carbocycles. The van der Waals surface area contributed by atoms with Gasteiger partial charge in [0.1, 0.15) is 0 Å². The zero-order valence-corrected chi connectivity index (χ0v) is 4.87. The lowest BCUT2D eigenvalue weighted by Crippen LogP contribution is -2.42. The number of primary amides is 1. The minimum absolute atomic E-state index is 0.306. The lowest BCUT2D eigenvalue weighted by molar-refractivity contribution is 0.171. The van der Waals surface area contributed by atoms with Crippen LogP contribution in [-0.4, -0.2) is 35.5 Å². The van der Waals surface area contributed by atoms with Crippen molar-refractivity contribution in [3.63, 3.8) is 0 Å². The van der Waals surface area contributed by atoms with E-state index in [0.29, 0.717) is 0 Å². The smallest absolute Gasteiger partial charge is 0.312 e. The van der Waals surface area contributed by atoms with E-state index in [1.807, 2.05) is 0 Å². The van der Waals surface area contributed by atoms with E-state index in [1.165, 1.54) is 0 Å². The van der Waals surface area contributed by atoms with E-state index in [9.17, 15) is 4.79 Å². The van der Waals surface area contributed by atoms with Gasteiger partial charge < -0.3 is 21.3 Å². The largest absolute Gasteiger partial charge is 0.394 e. The van der Waals surface area contributed by atoms with Crippen LogP contribution in [-0.2, 0) is 0 Å². The van der Waals surface area contributed by atoms with Crippen molar-refractivity contribution in [3.05, 3.63) is 0 Å². The molecule has 0 bridgehead atoms. The van der Waals surface area contributed by atoms with Gasteiger partial charge in [-0.2, -0.15) is 0 Å². The topological polar surface area (TPSA) is 95.6 Å². The number of aliphatic hydroxyl groups excluding tert-OH is 2. The second-order valence-electron chi connectivity index (χ2n) is 1.57. The number of urea groups is 1. The maximum Gasteiger partial charge on any atom is 0.312 e. The molecule has 0 saturated heterocycles. The predicted molar refractivity (Wildman–Crippen MR) is 30.7 cm³/mol. The molecule has 0 aromatic rings. The summed E-state index contributed by atoms with van der Waals surface area (Å²) >= 11 is 0. The van der Waals surface area contributed by atoms with Crippen LogP contribution in [0.1, 0.15) is 0 Å². The van der Waals surface area contributed by atoms with Crippen molar-refractivity contribution in [2.24, 2.45) is 5.73 Å². The van der Waals surface area contributed by atoms with Crippen molar-refractivity contribution in [3.8, 4) is 0 Å². The summed E-state index contributed by atoms with van der Waals surface area (Å²) in [6.07, 6.45) is 0. The molecular weight excluding hydrogens is 124 g/mol. The van der Waals surface area contributed by atoms with Gasteiger partial charge in [-0.3, -0.25) is 0 Å². The molecule has 0 radical (unpaired) electrons. The van der Waals surface area contributed by atoms with Crippen molar-refractivity contribution in [1.29, 1.82) is 0 Å². The number of amides is 2. The fraction of sp³-hybridized carbons (Fsp3) is 0.750. The zero-order chi connectivity index (χ0) is 7.28. The first-order valence-electron chi connectivity index (χ1n) is 2.48. The van der Waals surface area contributed by atoms with Crippen LogP contribution in [0.15, 0.2) is 0 Å². The first-order chi connectivity index (χ1) is 4.20. The lowest BCUT2D eigenvalue weighted by Gasteiger charge is -2.09. The van der Waals surface area contributed by atoms with Gasteiger partial charge in [-0.1, -0.05) is 0 Å². The summed E-state index contributed by atoms with van der Waals surface area (Å²) in [6.45, 7) is -0.612. The molecule has 0 atom stereocenters. The standard InChI is InChI=1S/C4H10N2O3/c5-4(9)6-3(1-7)2-8/h3,7-8H,1-2H2,(H3,5,6,9). The number of nitrogens with one attached hydrogen (secondary N) is 1. The molecule has 0 aliphatic heterocycles. The molecule has 9 heavy (non-hydrogen) atoms. The van der Waals surface area contributed by atoms with Crippen molar-refractivity contribution in [2.75, 3.05) is 13.2 Å². The number of rotatable bonds is 3. The molecule has 54 valence electrons. The van der Waals surface area contributed by atoms with Gasteiger partial charge in [-0.15, -0.1) is 0 Å². The first-order valence-corrected chi connectivity index (χ1v) is 2.48. The van der Waals surface area contributed by atoms with Crippen LogP contribution < -0.4 is 11.1 Å². The zero-order valence-electron chi connectivity index (χ0n) is 4.87. The van der Waals surface area contributed by atoms with Gasteiger partial charge in [0, 0.05) is 0 Å². The summed E-state index contributed by atoms with van der Waals surface area (Å²) in [7, 11) is 0. The molecule has 0 fully saturated rings. The summed E-state index contributed by atoms with van der Waals surface area (Å²) < 4.78 is 0. The average molecular weight is 134 g/mol. The van der Waals surface area contributed by atoms with Crippen LogP contribution in [0.5, 0.6) is 0 Å². The second kappa shape index (κ2) is 4.11. The molecule has 0 aromatic carbocycles. The highest BCUT2D eigenvalue weighted by atomic mass is 16.3. The molecule has 2 amide bonds. The van der Waals surface area contributed by atoms with E-state index in [4.69, 9.17) is 10.2 Å². The lowest BCUT2D eigenvalue weighted by atomic mass is 10.3. The Hall–Kier alpha value is -0.810. The molecule has 5 N–H and O–H groups in total. The van der Waals surface area contributed by atoms with E-state index in [-0.39, 0.29) is 13.2 Å². The second-order valence-corrected chi connectivity index (χ2v) is 1.57. The van der Waals surface area contributed by atoms with Gasteiger partial charge in [0.15, 0.2) is 0 Å². The summed E-state index contributed by atoms with van der Waals surface area (Å²) in [5, 5.41) is 18.8. The van der Waals surface area contributed by atoms with Gasteiger partial charge in [0.25, 0.3) is 0 Å². The quantitative estimate of drug-likeness (QED) is 0.359. The minimum atomic E-state index is -0.747. The van der Waals surface area contributed by atoms with Crippen LogP contribution in [0.4, 0.5) is 4.79 Å². The Morgan fingerprint density at radius 3 is 2.11 bits per heavy atom. The van der Waals surface area contributed by atoms with Gasteiger partial charge in [-0.25, -0.2) is 4.79 Å². The highest BCUT2D eigenvalue weighted by molar-refractivity contribution is 5.71. The van der Waals surface area contributed by atoms with Crippen molar-refractivity contribution < 1.29 is 15.0 Å². The summed E-state index contributed by atoms with van der Waals surface area (Å²) in [4.78, 5) is 10.0. The van der Waals surface area contributed by atoms with Gasteiger partial charge >= 0.3 is 6.03 Å². The highest BCUT2D eigenvalue weighted by Crippen LogP contribution is 1.76. The Labute approximate surface area is 52.5 Å². The number of hydrogen-bond donors (Lipinski definition) is 4. The maximum absolute atomic E-state index is 10.0. The first kappa shape index (κ1) is 8.19. The van der Waals surface area contributed by atoms with Crippen molar-refractivity contribution >= 4 is 6.03 Å². The molecule has 0 heterocycles. The normalized spacial score (nSPS) is 9.67. The minimum Gasteiger partial charge on any atom is -0.394 e. The molecule has 5 nitrogen and oxygen atoms in total. The molecule has 0 spiro atoms. The SMILES string of the molecule is NC(=O)NC(CO)CO. The summed E-state index contributed by atoms with van der Waals surface area (Å²) in [5.41, 5.74) is 4.67. The monoisotopic (exact) mass is 134 g/mol. The summed E-state index contributed by atoms with van der Waals surface area (Å²) in [6, 6.07) is -1.38. The Kier molecular flexibility index (Phi) is 3.74. The van der Waals surface area contributed by atoms with E-state index < -0.39 is 12.1 Å². The fourth-order valence-corrected chi connectivity index (χ4v) is 0.350. The molecule has 0 aliphatic rings. The van der Waals surface area contributed by atoms with Gasteiger partial charge in [0.05, 0.1) is 19.3 Å². The number of nitrogens with two attached hydrogens (primary N) is 1. The molecule has 0 saturated carbocycles. The number of aliphatic hydroxyl groups is 2. The Morgan fingerprint density at radius 1 is 1.56 bits per heavy atom. The van der Waals surface area contributed by atoms with E-state index >= 15 is 0 Å². The van der Waals surface area contributed by atoms with Crippen LogP contribution in [0.2, 0.25) is 0 Å². The van der Waals surface area contributed by atoms with Crippen molar-refractivity contribution in [2.45, 2.75) is 6.04 Å². The van der Waals surface area contributed by atoms with Crippen molar-refractivity contribution in [1.82, 2.24) is 5.32 Å². The van der Waals surface area contributed by atoms with E-state index in [0.717, 1.165) is 0 Å². The highest BCUT2D eigenvalue weighted by Gasteiger charge is 2.05. The van der Waals surface area contributed by atoms with Gasteiger partial charge in [-0.05, 0) is 0 Å². The molecular formula is C4H10N2O3. The molecule has 0 aromatic heterocycles. The predicted octanol–water partition coefficient (Wildman–Crippen LogP) is -1.99. The number of hydrogen-bond acceptors (Lipinski definition) is 3. The van der Waals surface area contributed by atoms with Gasteiger partial charge in [0.2, 0.25) is 0 Å². The summed E-state index contributed by atoms with van der Waals surface area (Å²) in [5.74, 6) is 0. The maximum atomic E-state index is 10.0. The number of carbonyl (C=O) groups excluding carboxylic acids is 1. The molecule has 0 rings (SSSR count). The van der Waals surface area contributed by atoms with Crippen LogP contribution in [0.25, 0.3) is 0 Å². The third-order valence-electron chi connectivity index (χ3n) is 0.787. The third-order valence-corrected chi connectivity index (χ3v) is 0.787. The molecule has 0 unspecified atom stereocenters. The molecule has 5 heteroatoms. The van der Waals surface area contributed by atoms with Crippen LogP contribution in [0, 0.1) is 0 Å². The Balaban J connectivity index is 3.43. The average Bonchev–Trinajstić information content (AvgIpc) is 1.82. The van der Waals surface area contributed by atoms with E-state index in [2.05, 4.69) is 11.1 Å². The third kappa shape index (κ3) is 3.75. The Bertz CT molecular complexity index is 91.8. The van der Waals surface area contributed by atoms with Crippen LogP contribution in [0.3, 0.4) is 0 Å². The van der Waals surface area contributed by atoms with Crippen LogP contribution >= 0.6 is 0 Å².